The third kappa shape index (κ3) is 3.48. The molecule has 142 valence electrons. The van der Waals surface area contributed by atoms with Gasteiger partial charge in [0.15, 0.2) is 5.65 Å². The number of allylic oxidation sites excluding steroid dienone is 1. The van der Waals surface area contributed by atoms with E-state index in [9.17, 15) is 5.11 Å². The van der Waals surface area contributed by atoms with Crippen LogP contribution in [0.4, 0.5) is 0 Å². The van der Waals surface area contributed by atoms with Crippen molar-refractivity contribution < 1.29 is 5.11 Å². The maximum Gasteiger partial charge on any atom is 0.158 e. The van der Waals surface area contributed by atoms with Crippen molar-refractivity contribution in [2.24, 2.45) is 0 Å². The van der Waals surface area contributed by atoms with E-state index in [4.69, 9.17) is 5.10 Å². The first-order chi connectivity index (χ1) is 12.5. The largest absolute Gasteiger partial charge is 0.507 e. The van der Waals surface area contributed by atoms with Crippen LogP contribution in [0.5, 0.6) is 5.75 Å². The molecule has 0 saturated heterocycles. The Balaban J connectivity index is 2.35. The Kier molecular flexibility index (Phi) is 4.62. The van der Waals surface area contributed by atoms with Gasteiger partial charge in [-0.15, -0.1) is 6.58 Å². The molecule has 0 bridgehead atoms. The topological polar surface area (TPSA) is 50.9 Å². The average Bonchev–Trinajstić information content (AvgIpc) is 2.92. The van der Waals surface area contributed by atoms with Crippen molar-refractivity contribution in [1.82, 2.24) is 14.8 Å². The summed E-state index contributed by atoms with van der Waals surface area (Å²) < 4.78 is 1.87. The summed E-state index contributed by atoms with van der Waals surface area (Å²) in [7, 11) is 0. The van der Waals surface area contributed by atoms with Crippen LogP contribution < -0.4 is 0 Å². The van der Waals surface area contributed by atoms with Crippen LogP contribution in [0.3, 0.4) is 0 Å². The number of hydrogen-bond acceptors (Lipinski definition) is 3. The van der Waals surface area contributed by atoms with Gasteiger partial charge in [0, 0.05) is 28.3 Å². The molecule has 3 rings (SSSR count). The van der Waals surface area contributed by atoms with Crippen molar-refractivity contribution in [2.75, 3.05) is 0 Å². The molecule has 0 unspecified atom stereocenters. The molecule has 0 saturated carbocycles. The lowest BCUT2D eigenvalue weighted by Crippen LogP contribution is -2.17. The van der Waals surface area contributed by atoms with Crippen molar-refractivity contribution >= 4 is 11.0 Å². The standard InChI is InChI=1S/C23H29N3O/c1-8-12-26-21-16(10-9-11-24-21)19(25-26)15-13-17(22(2,3)4)20(27)18(14-15)23(5,6)7/h8-11,13-14,27H,1,12H2,2-7H3. The van der Waals surface area contributed by atoms with Crippen LogP contribution in [0.1, 0.15) is 52.7 Å². The van der Waals surface area contributed by atoms with Gasteiger partial charge in [0.2, 0.25) is 0 Å². The van der Waals surface area contributed by atoms with Crippen LogP contribution in [-0.4, -0.2) is 19.9 Å². The molecular formula is C23H29N3O. The Hall–Kier alpha value is -2.62. The summed E-state index contributed by atoms with van der Waals surface area (Å²) in [5.74, 6) is 0.381. The van der Waals surface area contributed by atoms with E-state index in [2.05, 4.69) is 65.2 Å². The van der Waals surface area contributed by atoms with Crippen molar-refractivity contribution in [2.45, 2.75) is 58.9 Å². The van der Waals surface area contributed by atoms with Crippen LogP contribution in [0, 0.1) is 0 Å². The van der Waals surface area contributed by atoms with Crippen molar-refractivity contribution in [1.29, 1.82) is 0 Å². The maximum atomic E-state index is 11.0. The molecular weight excluding hydrogens is 334 g/mol. The van der Waals surface area contributed by atoms with Crippen molar-refractivity contribution in [3.8, 4) is 17.0 Å². The number of benzene rings is 1. The van der Waals surface area contributed by atoms with E-state index in [1.165, 1.54) is 0 Å². The Labute approximate surface area is 161 Å². The molecule has 0 radical (unpaired) electrons. The second kappa shape index (κ2) is 6.52. The van der Waals surface area contributed by atoms with Gasteiger partial charge in [-0.2, -0.15) is 5.10 Å². The van der Waals surface area contributed by atoms with Crippen LogP contribution in [0.2, 0.25) is 0 Å². The zero-order valence-corrected chi connectivity index (χ0v) is 17.2. The Bertz CT molecular complexity index is 966. The van der Waals surface area contributed by atoms with Gasteiger partial charge in [0.1, 0.15) is 11.4 Å². The van der Waals surface area contributed by atoms with Gasteiger partial charge >= 0.3 is 0 Å². The summed E-state index contributed by atoms with van der Waals surface area (Å²) in [6.07, 6.45) is 3.61. The van der Waals surface area contributed by atoms with E-state index in [-0.39, 0.29) is 10.8 Å². The van der Waals surface area contributed by atoms with E-state index < -0.39 is 0 Å². The minimum Gasteiger partial charge on any atom is -0.507 e. The molecule has 1 N–H and O–H groups in total. The van der Waals surface area contributed by atoms with E-state index in [1.54, 1.807) is 6.20 Å². The van der Waals surface area contributed by atoms with Gasteiger partial charge in [0.05, 0.1) is 6.54 Å². The van der Waals surface area contributed by atoms with E-state index in [0.29, 0.717) is 12.3 Å². The highest BCUT2D eigenvalue weighted by Gasteiger charge is 2.27. The quantitative estimate of drug-likeness (QED) is 0.618. The molecule has 4 heteroatoms. The molecule has 2 heterocycles. The number of hydrogen-bond donors (Lipinski definition) is 1. The third-order valence-electron chi connectivity index (χ3n) is 4.81. The number of nitrogens with zero attached hydrogens (tertiary/aromatic N) is 3. The van der Waals surface area contributed by atoms with Crippen LogP contribution in [-0.2, 0) is 17.4 Å². The fourth-order valence-electron chi connectivity index (χ4n) is 3.39. The predicted octanol–water partition coefficient (Wildman–Crippen LogP) is 5.58. The second-order valence-corrected chi connectivity index (χ2v) is 9.11. The first kappa shape index (κ1) is 19.2. The monoisotopic (exact) mass is 363 g/mol. The summed E-state index contributed by atoms with van der Waals surface area (Å²) in [5.41, 5.74) is 4.23. The first-order valence-electron chi connectivity index (χ1n) is 9.35. The highest BCUT2D eigenvalue weighted by Crippen LogP contribution is 2.42. The van der Waals surface area contributed by atoms with Crippen molar-refractivity contribution in [3.63, 3.8) is 0 Å². The molecule has 0 aliphatic carbocycles. The first-order valence-corrected chi connectivity index (χ1v) is 9.35. The predicted molar refractivity (Wildman–Crippen MR) is 112 cm³/mol. The molecule has 0 atom stereocenters. The highest BCUT2D eigenvalue weighted by molar-refractivity contribution is 5.91. The zero-order valence-electron chi connectivity index (χ0n) is 17.2. The summed E-state index contributed by atoms with van der Waals surface area (Å²) in [6.45, 7) is 17.1. The maximum absolute atomic E-state index is 11.0. The Morgan fingerprint density at radius 3 is 2.19 bits per heavy atom. The number of pyridine rings is 1. The van der Waals surface area contributed by atoms with Crippen LogP contribution in [0.25, 0.3) is 22.3 Å². The lowest BCUT2D eigenvalue weighted by atomic mass is 9.78. The molecule has 4 nitrogen and oxygen atoms in total. The molecule has 0 spiro atoms. The van der Waals surface area contributed by atoms with Gasteiger partial charge in [0.25, 0.3) is 0 Å². The molecule has 1 aromatic carbocycles. The van der Waals surface area contributed by atoms with Gasteiger partial charge < -0.3 is 5.11 Å². The number of phenols is 1. The Morgan fingerprint density at radius 1 is 1.07 bits per heavy atom. The highest BCUT2D eigenvalue weighted by atomic mass is 16.3. The number of rotatable bonds is 3. The third-order valence-corrected chi connectivity index (χ3v) is 4.81. The molecule has 27 heavy (non-hydrogen) atoms. The number of fused-ring (bicyclic) bond motifs is 1. The van der Waals surface area contributed by atoms with Crippen LogP contribution >= 0.6 is 0 Å². The summed E-state index contributed by atoms with van der Waals surface area (Å²) >= 11 is 0. The average molecular weight is 364 g/mol. The Morgan fingerprint density at radius 2 is 1.67 bits per heavy atom. The van der Waals surface area contributed by atoms with E-state index in [0.717, 1.165) is 33.4 Å². The molecule has 3 aromatic rings. The number of aromatic hydroxyl groups is 1. The minimum atomic E-state index is -0.183. The lowest BCUT2D eigenvalue weighted by Gasteiger charge is -2.28. The molecule has 0 aliphatic heterocycles. The van der Waals surface area contributed by atoms with Gasteiger partial charge in [-0.1, -0.05) is 47.6 Å². The number of phenolic OH excluding ortho intramolecular Hbond substituents is 1. The number of aromatic nitrogens is 3. The summed E-state index contributed by atoms with van der Waals surface area (Å²) in [4.78, 5) is 4.51. The van der Waals surface area contributed by atoms with Crippen molar-refractivity contribution in [3.05, 3.63) is 54.2 Å². The van der Waals surface area contributed by atoms with Gasteiger partial charge in [-0.3, -0.25) is 0 Å². The zero-order chi connectivity index (χ0) is 20.0. The lowest BCUT2D eigenvalue weighted by molar-refractivity contribution is 0.423. The second-order valence-electron chi connectivity index (χ2n) is 9.11. The fraction of sp³-hybridized carbons (Fsp3) is 0.391. The van der Waals surface area contributed by atoms with E-state index in [1.807, 2.05) is 22.9 Å². The van der Waals surface area contributed by atoms with Gasteiger partial charge in [-0.25, -0.2) is 9.67 Å². The summed E-state index contributed by atoms with van der Waals surface area (Å²) in [5, 5.41) is 16.8. The molecule has 0 aliphatic rings. The van der Waals surface area contributed by atoms with E-state index >= 15 is 0 Å². The van der Waals surface area contributed by atoms with Crippen LogP contribution in [0.15, 0.2) is 43.1 Å². The summed E-state index contributed by atoms with van der Waals surface area (Å²) in [6, 6.07) is 8.11. The molecule has 0 amide bonds. The smallest absolute Gasteiger partial charge is 0.158 e. The normalized spacial score (nSPS) is 12.5. The fourth-order valence-corrected chi connectivity index (χ4v) is 3.39. The minimum absolute atomic E-state index is 0.183. The molecule has 2 aromatic heterocycles. The molecule has 0 fully saturated rings. The SMILES string of the molecule is C=CCn1nc(-c2cc(C(C)(C)C)c(O)c(C(C)(C)C)c2)c2cccnc21. The van der Waals surface area contributed by atoms with Gasteiger partial charge in [-0.05, 0) is 35.1 Å².